The number of carbonyl (C=O) groups excluding carboxylic acids is 1. The third-order valence-electron chi connectivity index (χ3n) is 4.83. The SMILES string of the molecule is CC(C)S(=O)(=O)NCCCCC(=O)Nc1cccc(S(=O)(=O)N2CCCCC2)c1. The third-order valence-corrected chi connectivity index (χ3v) is 8.57. The van der Waals surface area contributed by atoms with E-state index in [1.165, 1.54) is 10.4 Å². The van der Waals surface area contributed by atoms with E-state index in [1.54, 1.807) is 32.0 Å². The predicted molar refractivity (Wildman–Crippen MR) is 114 cm³/mol. The van der Waals surface area contributed by atoms with Crippen molar-refractivity contribution in [3.8, 4) is 0 Å². The van der Waals surface area contributed by atoms with Gasteiger partial charge in [0.05, 0.1) is 10.1 Å². The smallest absolute Gasteiger partial charge is 0.243 e. The summed E-state index contributed by atoms with van der Waals surface area (Å²) < 4.78 is 52.8. The maximum absolute atomic E-state index is 12.8. The number of nitrogens with zero attached hydrogens (tertiary/aromatic N) is 1. The molecule has 2 rings (SSSR count). The Morgan fingerprint density at radius 1 is 1.07 bits per heavy atom. The maximum atomic E-state index is 12.8. The Morgan fingerprint density at radius 3 is 2.41 bits per heavy atom. The number of hydrogen-bond acceptors (Lipinski definition) is 5. The van der Waals surface area contributed by atoms with Crippen LogP contribution in [-0.2, 0) is 24.8 Å². The molecule has 1 aliphatic heterocycles. The van der Waals surface area contributed by atoms with Crippen LogP contribution in [0.4, 0.5) is 5.69 Å². The molecule has 1 fully saturated rings. The molecule has 0 aliphatic carbocycles. The first-order valence-corrected chi connectivity index (χ1v) is 13.0. The summed E-state index contributed by atoms with van der Waals surface area (Å²) in [7, 11) is -6.84. The second kappa shape index (κ2) is 10.5. The van der Waals surface area contributed by atoms with Crippen molar-refractivity contribution in [2.75, 3.05) is 25.0 Å². The fraction of sp³-hybridized carbons (Fsp3) is 0.632. The lowest BCUT2D eigenvalue weighted by molar-refractivity contribution is -0.116. The van der Waals surface area contributed by atoms with Crippen LogP contribution >= 0.6 is 0 Å². The number of amides is 1. The lowest BCUT2D eigenvalue weighted by Crippen LogP contribution is -2.35. The fourth-order valence-electron chi connectivity index (χ4n) is 3.00. The molecule has 1 heterocycles. The van der Waals surface area contributed by atoms with Crippen molar-refractivity contribution in [1.82, 2.24) is 9.03 Å². The molecule has 1 saturated heterocycles. The van der Waals surface area contributed by atoms with Crippen molar-refractivity contribution < 1.29 is 21.6 Å². The number of rotatable bonds is 10. The lowest BCUT2D eigenvalue weighted by Gasteiger charge is -2.26. The molecule has 1 aliphatic rings. The molecule has 0 radical (unpaired) electrons. The Kier molecular flexibility index (Phi) is 8.62. The van der Waals surface area contributed by atoms with E-state index in [-0.39, 0.29) is 23.8 Å². The molecule has 0 aromatic heterocycles. The highest BCUT2D eigenvalue weighted by Crippen LogP contribution is 2.23. The Bertz CT molecular complexity index is 892. The Morgan fingerprint density at radius 2 is 1.76 bits per heavy atom. The molecule has 1 amide bonds. The van der Waals surface area contributed by atoms with Crippen molar-refractivity contribution in [3.63, 3.8) is 0 Å². The van der Waals surface area contributed by atoms with Gasteiger partial charge < -0.3 is 5.32 Å². The van der Waals surface area contributed by atoms with Gasteiger partial charge in [0, 0.05) is 31.7 Å². The van der Waals surface area contributed by atoms with Crippen LogP contribution in [0, 0.1) is 0 Å². The zero-order valence-corrected chi connectivity index (χ0v) is 18.7. The summed E-state index contributed by atoms with van der Waals surface area (Å²) in [6.07, 6.45) is 4.07. The van der Waals surface area contributed by atoms with Gasteiger partial charge in [-0.3, -0.25) is 4.79 Å². The fourth-order valence-corrected chi connectivity index (χ4v) is 5.33. The number of unbranched alkanes of at least 4 members (excludes halogenated alkanes) is 1. The highest BCUT2D eigenvalue weighted by molar-refractivity contribution is 7.90. The molecule has 1 aromatic rings. The molecular formula is C19H31N3O5S2. The Balaban J connectivity index is 1.84. The van der Waals surface area contributed by atoms with Gasteiger partial charge in [-0.2, -0.15) is 4.31 Å². The molecular weight excluding hydrogens is 414 g/mol. The van der Waals surface area contributed by atoms with Crippen molar-refractivity contribution in [1.29, 1.82) is 0 Å². The zero-order chi connectivity index (χ0) is 21.5. The summed E-state index contributed by atoms with van der Waals surface area (Å²) in [6.45, 7) is 4.56. The van der Waals surface area contributed by atoms with E-state index < -0.39 is 25.3 Å². The van der Waals surface area contributed by atoms with Gasteiger partial charge >= 0.3 is 0 Å². The molecule has 0 unspecified atom stereocenters. The van der Waals surface area contributed by atoms with Gasteiger partial charge in [-0.25, -0.2) is 21.6 Å². The second-order valence-corrected chi connectivity index (χ2v) is 11.7. The van der Waals surface area contributed by atoms with Gasteiger partial charge in [-0.1, -0.05) is 12.5 Å². The summed E-state index contributed by atoms with van der Waals surface area (Å²) >= 11 is 0. The lowest BCUT2D eigenvalue weighted by atomic mass is 10.2. The molecule has 0 atom stereocenters. The number of anilines is 1. The van der Waals surface area contributed by atoms with E-state index in [9.17, 15) is 21.6 Å². The average molecular weight is 446 g/mol. The maximum Gasteiger partial charge on any atom is 0.243 e. The Labute approximate surface area is 174 Å². The largest absolute Gasteiger partial charge is 0.326 e. The zero-order valence-electron chi connectivity index (χ0n) is 17.1. The van der Waals surface area contributed by atoms with Gasteiger partial charge in [0.25, 0.3) is 0 Å². The standard InChI is InChI=1S/C19H31N3O5S2/c1-16(2)28(24,25)20-12-5-4-11-19(23)21-17-9-8-10-18(15-17)29(26,27)22-13-6-3-7-14-22/h8-10,15-16,20H,3-7,11-14H2,1-2H3,(H,21,23). The molecule has 10 heteroatoms. The predicted octanol–water partition coefficient (Wildman–Crippen LogP) is 2.30. The summed E-state index contributed by atoms with van der Waals surface area (Å²) in [6, 6.07) is 6.30. The van der Waals surface area contributed by atoms with Crippen LogP contribution in [-0.4, -0.2) is 51.9 Å². The summed E-state index contributed by atoms with van der Waals surface area (Å²) in [5, 5.41) is 2.24. The minimum Gasteiger partial charge on any atom is -0.326 e. The summed E-state index contributed by atoms with van der Waals surface area (Å²) in [5.74, 6) is -0.232. The van der Waals surface area contributed by atoms with Crippen LogP contribution in [0.5, 0.6) is 0 Å². The number of carbonyl (C=O) groups is 1. The minimum absolute atomic E-state index is 0.181. The number of sulfonamides is 2. The first-order chi connectivity index (χ1) is 13.6. The van der Waals surface area contributed by atoms with Crippen LogP contribution < -0.4 is 10.0 Å². The molecule has 1 aromatic carbocycles. The van der Waals surface area contributed by atoms with E-state index in [0.29, 0.717) is 31.6 Å². The highest BCUT2D eigenvalue weighted by atomic mass is 32.2. The molecule has 29 heavy (non-hydrogen) atoms. The van der Waals surface area contributed by atoms with Crippen LogP contribution in [0.3, 0.4) is 0 Å². The molecule has 164 valence electrons. The summed E-state index contributed by atoms with van der Waals surface area (Å²) in [4.78, 5) is 12.3. The van der Waals surface area contributed by atoms with Crippen LogP contribution in [0.15, 0.2) is 29.2 Å². The highest BCUT2D eigenvalue weighted by Gasteiger charge is 2.26. The molecule has 2 N–H and O–H groups in total. The first-order valence-electron chi connectivity index (χ1n) is 10.0. The van der Waals surface area contributed by atoms with Crippen LogP contribution in [0.2, 0.25) is 0 Å². The van der Waals surface area contributed by atoms with Gasteiger partial charge in [-0.05, 0) is 57.7 Å². The van der Waals surface area contributed by atoms with E-state index >= 15 is 0 Å². The normalized spacial score (nSPS) is 16.1. The minimum atomic E-state index is -3.55. The first kappa shape index (κ1) is 23.8. The van der Waals surface area contributed by atoms with Gasteiger partial charge in [-0.15, -0.1) is 0 Å². The Hall–Kier alpha value is -1.49. The topological polar surface area (TPSA) is 113 Å². The van der Waals surface area contributed by atoms with Gasteiger partial charge in [0.1, 0.15) is 0 Å². The summed E-state index contributed by atoms with van der Waals surface area (Å²) in [5.41, 5.74) is 0.439. The molecule has 8 nitrogen and oxygen atoms in total. The van der Waals surface area contributed by atoms with E-state index in [1.807, 2.05) is 0 Å². The number of nitrogens with one attached hydrogen (secondary N) is 2. The number of hydrogen-bond donors (Lipinski definition) is 2. The van der Waals surface area contributed by atoms with Crippen molar-refractivity contribution >= 4 is 31.6 Å². The number of piperidine rings is 1. The monoisotopic (exact) mass is 445 g/mol. The average Bonchev–Trinajstić information content (AvgIpc) is 2.68. The molecule has 0 saturated carbocycles. The van der Waals surface area contributed by atoms with E-state index in [0.717, 1.165) is 19.3 Å². The van der Waals surface area contributed by atoms with E-state index in [2.05, 4.69) is 10.0 Å². The molecule has 0 spiro atoms. The van der Waals surface area contributed by atoms with Gasteiger partial charge in [0.15, 0.2) is 0 Å². The van der Waals surface area contributed by atoms with Crippen LogP contribution in [0.1, 0.15) is 52.4 Å². The number of benzene rings is 1. The van der Waals surface area contributed by atoms with Crippen molar-refractivity contribution in [3.05, 3.63) is 24.3 Å². The van der Waals surface area contributed by atoms with Gasteiger partial charge in [0.2, 0.25) is 26.0 Å². The quantitative estimate of drug-likeness (QED) is 0.537. The van der Waals surface area contributed by atoms with Crippen molar-refractivity contribution in [2.45, 2.75) is 62.5 Å². The van der Waals surface area contributed by atoms with E-state index in [4.69, 9.17) is 0 Å². The third kappa shape index (κ3) is 7.06. The molecule has 0 bridgehead atoms. The van der Waals surface area contributed by atoms with Crippen molar-refractivity contribution in [2.24, 2.45) is 0 Å². The second-order valence-electron chi connectivity index (χ2n) is 7.49. The van der Waals surface area contributed by atoms with Crippen LogP contribution in [0.25, 0.3) is 0 Å².